The molecule has 1 amide bonds. The molecule has 0 saturated heterocycles. The number of carbonyl (C=O) groups excluding carboxylic acids is 1. The molecule has 1 aromatic rings. The Morgan fingerprint density at radius 1 is 1.41 bits per heavy atom. The van der Waals surface area contributed by atoms with Gasteiger partial charge in [-0.3, -0.25) is 4.79 Å². The van der Waals surface area contributed by atoms with Crippen LogP contribution in [0, 0.1) is 0 Å². The van der Waals surface area contributed by atoms with Crippen molar-refractivity contribution in [2.24, 2.45) is 5.73 Å². The van der Waals surface area contributed by atoms with E-state index < -0.39 is 0 Å². The van der Waals surface area contributed by atoms with E-state index in [0.717, 1.165) is 18.4 Å². The number of hydrogen-bond acceptors (Lipinski definition) is 2. The molecule has 0 radical (unpaired) electrons. The minimum absolute atomic E-state index is 0.0473. The van der Waals surface area contributed by atoms with Gasteiger partial charge in [0.15, 0.2) is 0 Å². The number of nitrogens with two attached hydrogens (primary N) is 1. The molecule has 17 heavy (non-hydrogen) atoms. The van der Waals surface area contributed by atoms with E-state index in [1.54, 1.807) is 0 Å². The highest BCUT2D eigenvalue weighted by atomic mass is 16.1. The van der Waals surface area contributed by atoms with Crippen LogP contribution in [0.4, 0.5) is 0 Å². The summed E-state index contributed by atoms with van der Waals surface area (Å²) in [6.45, 7) is 2.09. The Morgan fingerprint density at radius 2 is 2.06 bits per heavy atom. The third-order valence-corrected chi connectivity index (χ3v) is 3.35. The normalized spacial score (nSPS) is 18.5. The fourth-order valence-electron chi connectivity index (χ4n) is 1.87. The van der Waals surface area contributed by atoms with Gasteiger partial charge in [-0.25, -0.2) is 0 Å². The first-order chi connectivity index (χ1) is 8.09. The van der Waals surface area contributed by atoms with E-state index in [1.165, 1.54) is 0 Å². The molecule has 0 heterocycles. The van der Waals surface area contributed by atoms with Crippen molar-refractivity contribution in [1.82, 2.24) is 5.32 Å². The van der Waals surface area contributed by atoms with Crippen LogP contribution < -0.4 is 11.1 Å². The zero-order valence-electron chi connectivity index (χ0n) is 10.3. The number of carbonyl (C=O) groups is 1. The quantitative estimate of drug-likeness (QED) is 0.817. The van der Waals surface area contributed by atoms with E-state index in [4.69, 9.17) is 5.73 Å². The van der Waals surface area contributed by atoms with E-state index in [9.17, 15) is 4.79 Å². The maximum Gasteiger partial charge on any atom is 0.220 e. The Kier molecular flexibility index (Phi) is 3.48. The van der Waals surface area contributed by atoms with Gasteiger partial charge in [0.25, 0.3) is 0 Å². The fraction of sp³-hybridized carbons (Fsp3) is 0.500. The Hall–Kier alpha value is -1.35. The number of amides is 1. The third kappa shape index (κ3) is 3.56. The summed E-state index contributed by atoms with van der Waals surface area (Å²) < 4.78 is 0. The first kappa shape index (κ1) is 12.1. The van der Waals surface area contributed by atoms with Gasteiger partial charge in [0, 0.05) is 18.0 Å². The molecule has 1 aromatic carbocycles. The van der Waals surface area contributed by atoms with Crippen molar-refractivity contribution >= 4 is 5.91 Å². The van der Waals surface area contributed by atoms with Crippen LogP contribution in [0.3, 0.4) is 0 Å². The van der Waals surface area contributed by atoms with Crippen LogP contribution >= 0.6 is 0 Å². The number of hydrogen-bond donors (Lipinski definition) is 2. The summed E-state index contributed by atoms with van der Waals surface area (Å²) in [5, 5.41) is 3.04. The Bertz CT molecular complexity index is 384. The van der Waals surface area contributed by atoms with Gasteiger partial charge in [-0.15, -0.1) is 0 Å². The lowest BCUT2D eigenvalue weighted by Gasteiger charge is -2.14. The van der Waals surface area contributed by atoms with E-state index in [2.05, 4.69) is 12.2 Å². The smallest absolute Gasteiger partial charge is 0.220 e. The molecule has 1 saturated carbocycles. The lowest BCUT2D eigenvalue weighted by Crippen LogP contribution is -2.34. The second-order valence-electron chi connectivity index (χ2n) is 5.16. The van der Waals surface area contributed by atoms with Crippen LogP contribution in [0.2, 0.25) is 0 Å². The highest BCUT2D eigenvalue weighted by Crippen LogP contribution is 2.34. The molecule has 2 rings (SSSR count). The standard InChI is InChI=1S/C14H20N2O/c1-14(9-10-14)16-13(17)8-7-12(15)11-5-3-2-4-6-11/h2-6,12H,7-10,15H2,1H3,(H,16,17). The Labute approximate surface area is 102 Å². The molecular formula is C14H20N2O. The van der Waals surface area contributed by atoms with Gasteiger partial charge in [-0.2, -0.15) is 0 Å². The highest BCUT2D eigenvalue weighted by Gasteiger charge is 2.38. The van der Waals surface area contributed by atoms with E-state index >= 15 is 0 Å². The largest absolute Gasteiger partial charge is 0.351 e. The van der Waals surface area contributed by atoms with Crippen LogP contribution in [0.15, 0.2) is 30.3 Å². The van der Waals surface area contributed by atoms with Crippen LogP contribution in [-0.2, 0) is 4.79 Å². The Morgan fingerprint density at radius 3 is 2.65 bits per heavy atom. The SMILES string of the molecule is CC1(NC(=O)CCC(N)c2ccccc2)CC1. The molecule has 1 fully saturated rings. The molecule has 3 N–H and O–H groups in total. The van der Waals surface area contributed by atoms with Gasteiger partial charge in [0.05, 0.1) is 0 Å². The number of benzene rings is 1. The second-order valence-corrected chi connectivity index (χ2v) is 5.16. The minimum atomic E-state index is -0.0473. The summed E-state index contributed by atoms with van der Waals surface area (Å²) in [4.78, 5) is 11.7. The molecule has 1 aliphatic carbocycles. The topological polar surface area (TPSA) is 55.1 Å². The first-order valence-corrected chi connectivity index (χ1v) is 6.21. The van der Waals surface area contributed by atoms with Gasteiger partial charge in [-0.1, -0.05) is 30.3 Å². The molecule has 1 aliphatic rings. The molecular weight excluding hydrogens is 212 g/mol. The van der Waals surface area contributed by atoms with Gasteiger partial charge in [0.1, 0.15) is 0 Å². The fourth-order valence-corrected chi connectivity index (χ4v) is 1.87. The van der Waals surface area contributed by atoms with E-state index in [-0.39, 0.29) is 17.5 Å². The molecule has 0 aliphatic heterocycles. The van der Waals surface area contributed by atoms with Gasteiger partial charge < -0.3 is 11.1 Å². The van der Waals surface area contributed by atoms with Gasteiger partial charge >= 0.3 is 0 Å². The van der Waals surface area contributed by atoms with Crippen molar-refractivity contribution in [3.8, 4) is 0 Å². The maximum absolute atomic E-state index is 11.7. The third-order valence-electron chi connectivity index (χ3n) is 3.35. The number of nitrogens with one attached hydrogen (secondary N) is 1. The van der Waals surface area contributed by atoms with E-state index in [0.29, 0.717) is 12.8 Å². The van der Waals surface area contributed by atoms with Crippen LogP contribution in [0.25, 0.3) is 0 Å². The monoisotopic (exact) mass is 232 g/mol. The van der Waals surface area contributed by atoms with Crippen molar-refractivity contribution in [3.05, 3.63) is 35.9 Å². The van der Waals surface area contributed by atoms with Crippen LogP contribution in [0.1, 0.15) is 44.2 Å². The average molecular weight is 232 g/mol. The van der Waals surface area contributed by atoms with Crippen molar-refractivity contribution in [2.45, 2.75) is 44.2 Å². The van der Waals surface area contributed by atoms with Gasteiger partial charge in [0.2, 0.25) is 5.91 Å². The molecule has 1 atom stereocenters. The molecule has 1 unspecified atom stereocenters. The minimum Gasteiger partial charge on any atom is -0.351 e. The van der Waals surface area contributed by atoms with E-state index in [1.807, 2.05) is 30.3 Å². The van der Waals surface area contributed by atoms with Gasteiger partial charge in [-0.05, 0) is 31.7 Å². The van der Waals surface area contributed by atoms with Crippen molar-refractivity contribution in [2.75, 3.05) is 0 Å². The predicted molar refractivity (Wildman–Crippen MR) is 68.4 cm³/mol. The Balaban J connectivity index is 1.76. The molecule has 3 nitrogen and oxygen atoms in total. The van der Waals surface area contributed by atoms with Crippen molar-refractivity contribution in [1.29, 1.82) is 0 Å². The van der Waals surface area contributed by atoms with Crippen molar-refractivity contribution < 1.29 is 4.79 Å². The summed E-state index contributed by atoms with van der Waals surface area (Å²) in [6.07, 6.45) is 3.41. The van der Waals surface area contributed by atoms with Crippen LogP contribution in [0.5, 0.6) is 0 Å². The molecule has 0 bridgehead atoms. The first-order valence-electron chi connectivity index (χ1n) is 6.21. The molecule has 3 heteroatoms. The zero-order chi connectivity index (χ0) is 12.3. The highest BCUT2D eigenvalue weighted by molar-refractivity contribution is 5.77. The predicted octanol–water partition coefficient (Wildman–Crippen LogP) is 2.14. The van der Waals surface area contributed by atoms with Crippen LogP contribution in [-0.4, -0.2) is 11.4 Å². The lowest BCUT2D eigenvalue weighted by atomic mass is 10.0. The summed E-state index contributed by atoms with van der Waals surface area (Å²) >= 11 is 0. The summed E-state index contributed by atoms with van der Waals surface area (Å²) in [7, 11) is 0. The second kappa shape index (κ2) is 4.88. The summed E-state index contributed by atoms with van der Waals surface area (Å²) in [5.74, 6) is 0.122. The number of rotatable bonds is 5. The summed E-state index contributed by atoms with van der Waals surface area (Å²) in [5.41, 5.74) is 7.22. The average Bonchev–Trinajstić information content (AvgIpc) is 3.05. The maximum atomic E-state index is 11.7. The molecule has 92 valence electrons. The molecule has 0 aromatic heterocycles. The van der Waals surface area contributed by atoms with Crippen molar-refractivity contribution in [3.63, 3.8) is 0 Å². The summed E-state index contributed by atoms with van der Waals surface area (Å²) in [6, 6.07) is 9.88. The zero-order valence-corrected chi connectivity index (χ0v) is 10.3. The lowest BCUT2D eigenvalue weighted by molar-refractivity contribution is -0.122. The molecule has 0 spiro atoms.